The number of anilines is 1. The number of carbonyl (C=O) groups is 2. The summed E-state index contributed by atoms with van der Waals surface area (Å²) in [6, 6.07) is 8.12. The molecule has 3 unspecified atom stereocenters. The maximum atomic E-state index is 13.2. The number of benzene rings is 1. The van der Waals surface area contributed by atoms with Gasteiger partial charge in [-0.15, -0.1) is 0 Å². The molecule has 0 aromatic heterocycles. The largest absolute Gasteiger partial charge is 0.465 e. The number of para-hydroxylation sites is 1. The van der Waals surface area contributed by atoms with Gasteiger partial charge in [0.2, 0.25) is 5.91 Å². The molecule has 3 atom stereocenters. The Balaban J connectivity index is 1.48. The Hall–Kier alpha value is -2.87. The zero-order valence-corrected chi connectivity index (χ0v) is 16.0. The second-order valence-corrected chi connectivity index (χ2v) is 7.98. The average molecular weight is 400 g/mol. The number of amides is 2. The van der Waals surface area contributed by atoms with Crippen LogP contribution < -0.4 is 10.4 Å². The van der Waals surface area contributed by atoms with Crippen molar-refractivity contribution < 1.29 is 24.7 Å². The first-order valence-electron chi connectivity index (χ1n) is 9.71. The predicted octanol–water partition coefficient (Wildman–Crippen LogP) is 0.583. The molecule has 9 heteroatoms. The van der Waals surface area contributed by atoms with E-state index in [0.29, 0.717) is 44.6 Å². The van der Waals surface area contributed by atoms with E-state index in [-0.39, 0.29) is 12.5 Å². The lowest BCUT2D eigenvalue weighted by Crippen LogP contribution is -2.65. The minimum absolute atomic E-state index is 0.0749. The van der Waals surface area contributed by atoms with Gasteiger partial charge in [-0.3, -0.25) is 9.69 Å². The Morgan fingerprint density at radius 2 is 1.83 bits per heavy atom. The molecule has 1 aromatic rings. The molecule has 3 fully saturated rings. The zero-order valence-electron chi connectivity index (χ0n) is 16.0. The molecule has 154 valence electrons. The topological polar surface area (TPSA) is 113 Å². The van der Waals surface area contributed by atoms with E-state index in [4.69, 9.17) is 0 Å². The van der Waals surface area contributed by atoms with Crippen LogP contribution in [0.2, 0.25) is 0 Å². The molecule has 1 aromatic carbocycles. The molecular formula is C20H24N4O5. The number of rotatable bonds is 3. The summed E-state index contributed by atoms with van der Waals surface area (Å²) >= 11 is 0. The summed E-state index contributed by atoms with van der Waals surface area (Å²) < 4.78 is 0. The number of piperazine rings is 1. The first-order valence-corrected chi connectivity index (χ1v) is 9.71. The molecule has 9 nitrogen and oxygen atoms in total. The van der Waals surface area contributed by atoms with E-state index < -0.39 is 23.6 Å². The van der Waals surface area contributed by atoms with E-state index in [1.165, 1.54) is 0 Å². The fraction of sp³-hybridized carbons (Fsp3) is 0.500. The lowest BCUT2D eigenvalue weighted by atomic mass is 9.85. The van der Waals surface area contributed by atoms with Crippen molar-refractivity contribution in [2.75, 3.05) is 37.6 Å². The third-order valence-corrected chi connectivity index (χ3v) is 6.33. The molecule has 2 saturated heterocycles. The molecule has 0 bridgehead atoms. The molecular weight excluding hydrogens is 376 g/mol. The summed E-state index contributed by atoms with van der Waals surface area (Å²) in [5, 5.41) is 19.4. The number of hydrogen-bond acceptors (Lipinski definition) is 6. The fourth-order valence-electron chi connectivity index (χ4n) is 4.64. The minimum Gasteiger partial charge on any atom is -0.465 e. The van der Waals surface area contributed by atoms with E-state index in [9.17, 15) is 24.7 Å². The maximum absolute atomic E-state index is 13.2. The Labute approximate surface area is 168 Å². The van der Waals surface area contributed by atoms with Gasteiger partial charge in [0.15, 0.2) is 0 Å². The number of hydroxylamine groups is 1. The van der Waals surface area contributed by atoms with Crippen LogP contribution in [0.1, 0.15) is 12.8 Å². The van der Waals surface area contributed by atoms with Crippen LogP contribution in [0.25, 0.3) is 0 Å². The van der Waals surface area contributed by atoms with E-state index in [1.54, 1.807) is 4.90 Å². The van der Waals surface area contributed by atoms with Gasteiger partial charge >= 0.3 is 6.09 Å². The highest BCUT2D eigenvalue weighted by Crippen LogP contribution is 2.57. The standard InChI is InChI=1S/C20H24N4O5/c25-12-14-10-20(14)11-16(21-29)17(24(13-20)19(27)28)18(26)23-8-6-22(7-9-23)15-4-2-1-3-5-15/h1-5,16-17,21,29H,6-11,13H2,(H,27,28). The van der Waals surface area contributed by atoms with Crippen molar-refractivity contribution in [2.45, 2.75) is 24.9 Å². The predicted molar refractivity (Wildman–Crippen MR) is 103 cm³/mol. The van der Waals surface area contributed by atoms with Gasteiger partial charge in [-0.05, 0) is 25.0 Å². The van der Waals surface area contributed by atoms with E-state index in [2.05, 4.69) is 10.4 Å². The molecule has 2 aliphatic heterocycles. The van der Waals surface area contributed by atoms with E-state index in [1.807, 2.05) is 36.3 Å². The SMILES string of the molecule is O=C=C1CC12CC(NO)C(C(=O)N1CCN(c3ccccc3)CC1)N(C(=O)O)C2. The van der Waals surface area contributed by atoms with Crippen LogP contribution in [-0.4, -0.2) is 82.9 Å². The molecule has 1 spiro atoms. The Morgan fingerprint density at radius 3 is 2.38 bits per heavy atom. The third-order valence-electron chi connectivity index (χ3n) is 6.33. The first kappa shape index (κ1) is 19.4. The normalized spacial score (nSPS) is 29.0. The van der Waals surface area contributed by atoms with E-state index >= 15 is 0 Å². The van der Waals surface area contributed by atoms with Gasteiger partial charge < -0.3 is 20.1 Å². The number of likely N-dealkylation sites (tertiary alicyclic amines) is 1. The van der Waals surface area contributed by atoms with Gasteiger partial charge in [-0.2, -0.15) is 5.48 Å². The maximum Gasteiger partial charge on any atom is 0.408 e. The molecule has 4 rings (SSSR count). The second-order valence-electron chi connectivity index (χ2n) is 7.98. The zero-order chi connectivity index (χ0) is 20.6. The number of carbonyl (C=O) groups excluding carboxylic acids is 2. The van der Waals surface area contributed by atoms with Crippen molar-refractivity contribution >= 4 is 23.6 Å². The Kier molecular flexibility index (Phi) is 5.04. The number of nitrogens with one attached hydrogen (secondary N) is 1. The quantitative estimate of drug-likeness (QED) is 0.502. The van der Waals surface area contributed by atoms with Crippen LogP contribution >= 0.6 is 0 Å². The van der Waals surface area contributed by atoms with E-state index in [0.717, 1.165) is 10.6 Å². The third kappa shape index (κ3) is 3.48. The highest BCUT2D eigenvalue weighted by Gasteiger charge is 2.60. The summed E-state index contributed by atoms with van der Waals surface area (Å²) in [5.41, 5.74) is 3.13. The van der Waals surface area contributed by atoms with Crippen LogP contribution in [0, 0.1) is 5.41 Å². The molecule has 1 aliphatic carbocycles. The van der Waals surface area contributed by atoms with Crippen molar-refractivity contribution in [2.24, 2.45) is 5.41 Å². The lowest BCUT2D eigenvalue weighted by Gasteiger charge is -2.45. The lowest BCUT2D eigenvalue weighted by molar-refractivity contribution is -0.141. The van der Waals surface area contributed by atoms with Gasteiger partial charge in [0, 0.05) is 49.4 Å². The smallest absolute Gasteiger partial charge is 0.408 e. The summed E-state index contributed by atoms with van der Waals surface area (Å²) in [5.74, 6) is 1.55. The first-order chi connectivity index (χ1) is 14.0. The van der Waals surface area contributed by atoms with Gasteiger partial charge in [0.1, 0.15) is 12.0 Å². The van der Waals surface area contributed by atoms with Crippen molar-refractivity contribution in [1.82, 2.24) is 15.3 Å². The molecule has 29 heavy (non-hydrogen) atoms. The van der Waals surface area contributed by atoms with Gasteiger partial charge in [-0.25, -0.2) is 9.59 Å². The second kappa shape index (κ2) is 7.51. The number of piperidine rings is 1. The van der Waals surface area contributed by atoms with Crippen molar-refractivity contribution in [3.05, 3.63) is 35.9 Å². The summed E-state index contributed by atoms with van der Waals surface area (Å²) in [6.07, 6.45) is -0.448. The monoisotopic (exact) mass is 400 g/mol. The molecule has 3 aliphatic rings. The summed E-state index contributed by atoms with van der Waals surface area (Å²) in [7, 11) is 0. The van der Waals surface area contributed by atoms with Crippen LogP contribution in [0.15, 0.2) is 35.9 Å². The Bertz CT molecular complexity index is 848. The van der Waals surface area contributed by atoms with Crippen LogP contribution in [0.3, 0.4) is 0 Å². The van der Waals surface area contributed by atoms with Gasteiger partial charge in [-0.1, -0.05) is 18.2 Å². The van der Waals surface area contributed by atoms with Crippen LogP contribution in [-0.2, 0) is 9.59 Å². The average Bonchev–Trinajstić information content (AvgIpc) is 3.44. The van der Waals surface area contributed by atoms with Gasteiger partial charge in [0.05, 0.1) is 6.04 Å². The molecule has 1 saturated carbocycles. The minimum atomic E-state index is -1.23. The van der Waals surface area contributed by atoms with Gasteiger partial charge in [0.25, 0.3) is 0 Å². The highest BCUT2D eigenvalue weighted by atomic mass is 16.5. The van der Waals surface area contributed by atoms with Crippen LogP contribution in [0.5, 0.6) is 0 Å². The fourth-order valence-corrected chi connectivity index (χ4v) is 4.64. The van der Waals surface area contributed by atoms with Crippen molar-refractivity contribution in [3.8, 4) is 0 Å². The molecule has 0 radical (unpaired) electrons. The molecule has 2 heterocycles. The Morgan fingerprint density at radius 1 is 1.14 bits per heavy atom. The summed E-state index contributed by atoms with van der Waals surface area (Å²) in [4.78, 5) is 41.1. The molecule has 3 N–H and O–H groups in total. The number of nitrogens with zero attached hydrogens (tertiary/aromatic N) is 3. The van der Waals surface area contributed by atoms with Crippen LogP contribution in [0.4, 0.5) is 10.5 Å². The number of carboxylic acid groups (broad SMARTS) is 1. The molecule has 2 amide bonds. The highest BCUT2D eigenvalue weighted by molar-refractivity contribution is 5.87. The van der Waals surface area contributed by atoms with Crippen molar-refractivity contribution in [1.29, 1.82) is 0 Å². The summed E-state index contributed by atoms with van der Waals surface area (Å²) in [6.45, 7) is 2.32. The number of hydrogen-bond donors (Lipinski definition) is 3. The van der Waals surface area contributed by atoms with Crippen molar-refractivity contribution in [3.63, 3.8) is 0 Å².